The van der Waals surface area contributed by atoms with Crippen molar-refractivity contribution in [2.75, 3.05) is 11.8 Å². The molecule has 0 saturated heterocycles. The fourth-order valence-electron chi connectivity index (χ4n) is 2.80. The Morgan fingerprint density at radius 3 is 2.23 bits per heavy atom. The number of methoxy groups -OCH3 is 1. The SMILES string of the molecule is COC(=O)c1cc(F)c(NS(=O)(=O)c2ccc(-c3cc(C)nc(C)c3)cn2)cc1F. The summed E-state index contributed by atoms with van der Waals surface area (Å²) in [6, 6.07) is 7.58. The second-order valence-corrected chi connectivity index (χ2v) is 8.06. The third-order valence-corrected chi connectivity index (χ3v) is 5.41. The molecule has 1 N–H and O–H groups in total. The van der Waals surface area contributed by atoms with Crippen molar-refractivity contribution in [3.8, 4) is 11.1 Å². The highest BCUT2D eigenvalue weighted by Gasteiger charge is 2.22. The van der Waals surface area contributed by atoms with E-state index in [4.69, 9.17) is 0 Å². The Morgan fingerprint density at radius 2 is 1.67 bits per heavy atom. The number of carbonyl (C=O) groups is 1. The molecule has 0 spiro atoms. The molecule has 3 aromatic rings. The lowest BCUT2D eigenvalue weighted by molar-refractivity contribution is 0.0595. The molecule has 0 amide bonds. The molecule has 0 aliphatic heterocycles. The quantitative estimate of drug-likeness (QED) is 0.617. The number of benzene rings is 1. The molecule has 0 aliphatic carbocycles. The van der Waals surface area contributed by atoms with Crippen molar-refractivity contribution in [1.29, 1.82) is 0 Å². The van der Waals surface area contributed by atoms with Crippen LogP contribution in [0.25, 0.3) is 11.1 Å². The number of anilines is 1. The summed E-state index contributed by atoms with van der Waals surface area (Å²) >= 11 is 0. The van der Waals surface area contributed by atoms with Crippen LogP contribution < -0.4 is 4.72 Å². The van der Waals surface area contributed by atoms with Gasteiger partial charge in [-0.15, -0.1) is 0 Å². The lowest BCUT2D eigenvalue weighted by Crippen LogP contribution is -2.16. The van der Waals surface area contributed by atoms with Crippen LogP contribution in [0.1, 0.15) is 21.7 Å². The molecule has 0 bridgehead atoms. The Labute approximate surface area is 171 Å². The smallest absolute Gasteiger partial charge is 0.340 e. The van der Waals surface area contributed by atoms with E-state index in [-0.39, 0.29) is 5.03 Å². The van der Waals surface area contributed by atoms with Crippen molar-refractivity contribution in [3.63, 3.8) is 0 Å². The van der Waals surface area contributed by atoms with E-state index in [1.54, 1.807) is 6.07 Å². The number of hydrogen-bond acceptors (Lipinski definition) is 6. The first-order valence-corrected chi connectivity index (χ1v) is 10.1. The average molecular weight is 433 g/mol. The maximum Gasteiger partial charge on any atom is 0.340 e. The predicted molar refractivity (Wildman–Crippen MR) is 105 cm³/mol. The normalized spacial score (nSPS) is 11.2. The average Bonchev–Trinajstić information content (AvgIpc) is 2.69. The zero-order chi connectivity index (χ0) is 22.1. The first-order valence-electron chi connectivity index (χ1n) is 8.62. The minimum atomic E-state index is -4.30. The predicted octanol–water partition coefficient (Wildman–Crippen LogP) is 3.63. The van der Waals surface area contributed by atoms with Gasteiger partial charge in [0.25, 0.3) is 10.0 Å². The van der Waals surface area contributed by atoms with Crippen LogP contribution in [0.15, 0.2) is 47.6 Å². The minimum absolute atomic E-state index is 0.384. The maximum atomic E-state index is 14.2. The van der Waals surface area contributed by atoms with Gasteiger partial charge in [-0.2, -0.15) is 8.42 Å². The van der Waals surface area contributed by atoms with Crippen molar-refractivity contribution in [2.24, 2.45) is 0 Å². The maximum absolute atomic E-state index is 14.2. The van der Waals surface area contributed by atoms with Crippen molar-refractivity contribution < 1.29 is 26.7 Å². The van der Waals surface area contributed by atoms with Crippen LogP contribution in [0.5, 0.6) is 0 Å². The number of sulfonamides is 1. The van der Waals surface area contributed by atoms with Gasteiger partial charge in [-0.1, -0.05) is 0 Å². The topological polar surface area (TPSA) is 98.2 Å². The van der Waals surface area contributed by atoms with Crippen LogP contribution >= 0.6 is 0 Å². The Morgan fingerprint density at radius 1 is 1.00 bits per heavy atom. The molecule has 10 heteroatoms. The number of nitrogens with one attached hydrogen (secondary N) is 1. The molecule has 7 nitrogen and oxygen atoms in total. The lowest BCUT2D eigenvalue weighted by Gasteiger charge is -2.11. The number of hydrogen-bond donors (Lipinski definition) is 1. The summed E-state index contributed by atoms with van der Waals surface area (Å²) in [5, 5.41) is -0.384. The van der Waals surface area contributed by atoms with Crippen LogP contribution in [-0.2, 0) is 14.8 Å². The number of nitrogens with zero attached hydrogens (tertiary/aromatic N) is 2. The number of pyridine rings is 2. The summed E-state index contributed by atoms with van der Waals surface area (Å²) in [4.78, 5) is 19.6. The lowest BCUT2D eigenvalue weighted by atomic mass is 10.1. The molecular formula is C20H17F2N3O4S. The fraction of sp³-hybridized carbons (Fsp3) is 0.150. The molecular weight excluding hydrogens is 416 g/mol. The van der Waals surface area contributed by atoms with Crippen LogP contribution in [0, 0.1) is 25.5 Å². The van der Waals surface area contributed by atoms with E-state index in [1.807, 2.05) is 30.7 Å². The number of aromatic nitrogens is 2. The first kappa shape index (κ1) is 21.3. The van der Waals surface area contributed by atoms with Gasteiger partial charge in [-0.05, 0) is 49.7 Å². The number of esters is 1. The van der Waals surface area contributed by atoms with E-state index >= 15 is 0 Å². The number of carbonyl (C=O) groups excluding carboxylic acids is 1. The zero-order valence-electron chi connectivity index (χ0n) is 16.2. The van der Waals surface area contributed by atoms with Crippen LogP contribution in [0.3, 0.4) is 0 Å². The molecule has 0 unspecified atom stereocenters. The molecule has 2 heterocycles. The van der Waals surface area contributed by atoms with Crippen molar-refractivity contribution in [2.45, 2.75) is 18.9 Å². The Kier molecular flexibility index (Phi) is 5.79. The van der Waals surface area contributed by atoms with Gasteiger partial charge in [-0.25, -0.2) is 18.6 Å². The van der Waals surface area contributed by atoms with E-state index < -0.39 is 38.9 Å². The van der Waals surface area contributed by atoms with Gasteiger partial charge in [0.05, 0.1) is 18.4 Å². The summed E-state index contributed by atoms with van der Waals surface area (Å²) in [7, 11) is -3.29. The number of halogens is 2. The molecule has 0 saturated carbocycles. The van der Waals surface area contributed by atoms with E-state index in [9.17, 15) is 22.0 Å². The van der Waals surface area contributed by atoms with Crippen LogP contribution in [0.2, 0.25) is 0 Å². The van der Waals surface area contributed by atoms with Crippen molar-refractivity contribution in [3.05, 3.63) is 71.2 Å². The number of ether oxygens (including phenoxy) is 1. The molecule has 0 aliphatic rings. The summed E-state index contributed by atoms with van der Waals surface area (Å²) in [6.45, 7) is 3.68. The molecule has 1 aromatic carbocycles. The standard InChI is InChI=1S/C20H17F2N3O4S/c1-11-6-14(7-12(2)24-11)13-4-5-19(23-10-13)30(27,28)25-18-9-16(21)15(8-17(18)22)20(26)29-3/h4-10,25H,1-3H3. The summed E-state index contributed by atoms with van der Waals surface area (Å²) in [5.74, 6) is -3.35. The Bertz CT molecular complexity index is 1210. The molecule has 3 rings (SSSR count). The monoisotopic (exact) mass is 433 g/mol. The van der Waals surface area contributed by atoms with E-state index in [2.05, 4.69) is 14.7 Å². The molecule has 156 valence electrons. The van der Waals surface area contributed by atoms with Crippen LogP contribution in [0.4, 0.5) is 14.5 Å². The minimum Gasteiger partial charge on any atom is -0.465 e. The first-order chi connectivity index (χ1) is 14.1. The fourth-order valence-corrected chi connectivity index (χ4v) is 3.79. The third kappa shape index (κ3) is 4.43. The zero-order valence-corrected chi connectivity index (χ0v) is 17.0. The second-order valence-electron chi connectivity index (χ2n) is 6.43. The third-order valence-electron chi connectivity index (χ3n) is 4.13. The number of aryl methyl sites for hydroxylation is 2. The molecule has 2 aromatic heterocycles. The van der Waals surface area contributed by atoms with E-state index in [0.29, 0.717) is 17.7 Å². The van der Waals surface area contributed by atoms with Gasteiger partial charge < -0.3 is 4.74 Å². The highest BCUT2D eigenvalue weighted by Crippen LogP contribution is 2.24. The van der Waals surface area contributed by atoms with Crippen molar-refractivity contribution >= 4 is 21.7 Å². The molecule has 0 radical (unpaired) electrons. The summed E-state index contributed by atoms with van der Waals surface area (Å²) < 4.78 is 59.6. The summed E-state index contributed by atoms with van der Waals surface area (Å²) in [6.07, 6.45) is 1.36. The van der Waals surface area contributed by atoms with Crippen molar-refractivity contribution in [1.82, 2.24) is 9.97 Å². The number of rotatable bonds is 5. The Balaban J connectivity index is 1.89. The molecule has 30 heavy (non-hydrogen) atoms. The van der Waals surface area contributed by atoms with Gasteiger partial charge in [0, 0.05) is 29.2 Å². The second kappa shape index (κ2) is 8.15. The van der Waals surface area contributed by atoms with Gasteiger partial charge in [0.2, 0.25) is 0 Å². The van der Waals surface area contributed by atoms with Gasteiger partial charge in [-0.3, -0.25) is 9.71 Å². The van der Waals surface area contributed by atoms with Gasteiger partial charge >= 0.3 is 5.97 Å². The molecule has 0 atom stereocenters. The summed E-state index contributed by atoms with van der Waals surface area (Å²) in [5.41, 5.74) is 1.78. The Hall–Kier alpha value is -3.40. The largest absolute Gasteiger partial charge is 0.465 e. The van der Waals surface area contributed by atoms with E-state index in [1.165, 1.54) is 12.3 Å². The highest BCUT2D eigenvalue weighted by atomic mass is 32.2. The van der Waals surface area contributed by atoms with Gasteiger partial charge in [0.15, 0.2) is 5.03 Å². The van der Waals surface area contributed by atoms with Crippen LogP contribution in [-0.4, -0.2) is 31.5 Å². The van der Waals surface area contributed by atoms with Gasteiger partial charge in [0.1, 0.15) is 11.6 Å². The molecule has 0 fully saturated rings. The van der Waals surface area contributed by atoms with E-state index in [0.717, 1.165) is 24.1 Å². The highest BCUT2D eigenvalue weighted by molar-refractivity contribution is 7.92.